The first kappa shape index (κ1) is 11.6. The molecule has 0 aromatic heterocycles. The normalized spacial score (nSPS) is 14.6. The lowest BCUT2D eigenvalue weighted by Crippen LogP contribution is -2.22. The Labute approximate surface area is 86.8 Å². The molecule has 15 heavy (non-hydrogen) atoms. The molecule has 0 aliphatic rings. The van der Waals surface area contributed by atoms with Crippen LogP contribution in [0.25, 0.3) is 0 Å². The van der Waals surface area contributed by atoms with E-state index in [4.69, 9.17) is 15.9 Å². The van der Waals surface area contributed by atoms with E-state index in [0.717, 1.165) is 0 Å². The number of carbonyl (C=O) groups is 1. The summed E-state index contributed by atoms with van der Waals surface area (Å²) in [5, 5.41) is 27.3. The Morgan fingerprint density at radius 3 is 2.20 bits per heavy atom. The maximum absolute atomic E-state index is 10.7. The molecule has 0 saturated carbocycles. The van der Waals surface area contributed by atoms with Crippen molar-refractivity contribution in [2.24, 2.45) is 5.73 Å². The number of rotatable bonds is 4. The number of benzene rings is 1. The molecule has 1 rings (SSSR count). The predicted molar refractivity (Wildman–Crippen MR) is 53.0 cm³/mol. The molecule has 82 valence electrons. The first-order chi connectivity index (χ1) is 7.06. The van der Waals surface area contributed by atoms with Gasteiger partial charge in [0.05, 0.1) is 6.61 Å². The van der Waals surface area contributed by atoms with Crippen LogP contribution in [0.1, 0.15) is 22.0 Å². The van der Waals surface area contributed by atoms with Crippen LogP contribution >= 0.6 is 0 Å². The van der Waals surface area contributed by atoms with Gasteiger partial charge in [-0.05, 0) is 17.7 Å². The number of primary amides is 1. The number of amides is 1. The molecule has 0 saturated heterocycles. The zero-order valence-corrected chi connectivity index (χ0v) is 8.00. The molecule has 0 aliphatic carbocycles. The standard InChI is InChI=1S/C10H13NO4/c11-10(15)7-3-1-6(2-4-7)9(14)8(13)5-12/h1-4,8-9,12-14H,5H2,(H2,11,15). The second kappa shape index (κ2) is 4.88. The van der Waals surface area contributed by atoms with Gasteiger partial charge in [-0.15, -0.1) is 0 Å². The van der Waals surface area contributed by atoms with Crippen LogP contribution in [0, 0.1) is 0 Å². The Kier molecular flexibility index (Phi) is 3.79. The van der Waals surface area contributed by atoms with E-state index in [1.54, 1.807) is 0 Å². The van der Waals surface area contributed by atoms with E-state index in [2.05, 4.69) is 0 Å². The van der Waals surface area contributed by atoms with Crippen LogP contribution < -0.4 is 5.73 Å². The van der Waals surface area contributed by atoms with Crippen molar-refractivity contribution in [3.8, 4) is 0 Å². The number of nitrogens with two attached hydrogens (primary N) is 1. The van der Waals surface area contributed by atoms with Crippen molar-refractivity contribution in [3.63, 3.8) is 0 Å². The van der Waals surface area contributed by atoms with E-state index in [1.165, 1.54) is 24.3 Å². The molecule has 0 heterocycles. The maximum Gasteiger partial charge on any atom is 0.248 e. The second-order valence-electron chi connectivity index (χ2n) is 3.18. The predicted octanol–water partition coefficient (Wildman–Crippen LogP) is -0.828. The van der Waals surface area contributed by atoms with E-state index in [9.17, 15) is 9.90 Å². The number of hydrogen-bond acceptors (Lipinski definition) is 4. The highest BCUT2D eigenvalue weighted by molar-refractivity contribution is 5.92. The van der Waals surface area contributed by atoms with Crippen molar-refractivity contribution >= 4 is 5.91 Å². The Balaban J connectivity index is 2.84. The summed E-state index contributed by atoms with van der Waals surface area (Å²) in [6, 6.07) is 5.85. The van der Waals surface area contributed by atoms with Crippen molar-refractivity contribution in [2.75, 3.05) is 6.61 Å². The lowest BCUT2D eigenvalue weighted by atomic mass is 10.0. The lowest BCUT2D eigenvalue weighted by Gasteiger charge is -2.15. The molecular formula is C10H13NO4. The summed E-state index contributed by atoms with van der Waals surface area (Å²) in [4.78, 5) is 10.7. The molecule has 1 aromatic rings. The van der Waals surface area contributed by atoms with E-state index >= 15 is 0 Å². The van der Waals surface area contributed by atoms with Crippen LogP contribution in [0.2, 0.25) is 0 Å². The zero-order chi connectivity index (χ0) is 11.4. The summed E-state index contributed by atoms with van der Waals surface area (Å²) in [7, 11) is 0. The van der Waals surface area contributed by atoms with Gasteiger partial charge in [0.15, 0.2) is 0 Å². The molecule has 1 aromatic carbocycles. The molecule has 0 fully saturated rings. The molecule has 0 aliphatic heterocycles. The molecule has 0 radical (unpaired) electrons. The summed E-state index contributed by atoms with van der Waals surface area (Å²) < 4.78 is 0. The minimum Gasteiger partial charge on any atom is -0.394 e. The SMILES string of the molecule is NC(=O)c1ccc(C(O)C(O)CO)cc1. The number of aliphatic hydroxyl groups excluding tert-OH is 3. The summed E-state index contributed by atoms with van der Waals surface area (Å²) in [5.41, 5.74) is 5.78. The average molecular weight is 211 g/mol. The van der Waals surface area contributed by atoms with Gasteiger partial charge in [0.2, 0.25) is 5.91 Å². The van der Waals surface area contributed by atoms with Gasteiger partial charge in [0.25, 0.3) is 0 Å². The van der Waals surface area contributed by atoms with E-state index in [-0.39, 0.29) is 0 Å². The van der Waals surface area contributed by atoms with Crippen LogP contribution in [-0.4, -0.2) is 33.9 Å². The van der Waals surface area contributed by atoms with E-state index < -0.39 is 24.7 Å². The van der Waals surface area contributed by atoms with Crippen LogP contribution in [0.5, 0.6) is 0 Å². The Morgan fingerprint density at radius 2 is 1.80 bits per heavy atom. The topological polar surface area (TPSA) is 104 Å². The first-order valence-electron chi connectivity index (χ1n) is 4.43. The van der Waals surface area contributed by atoms with Crippen molar-refractivity contribution < 1.29 is 20.1 Å². The number of carbonyl (C=O) groups excluding carboxylic acids is 1. The van der Waals surface area contributed by atoms with Gasteiger partial charge in [-0.1, -0.05) is 12.1 Å². The average Bonchev–Trinajstić information content (AvgIpc) is 2.27. The molecule has 5 N–H and O–H groups in total. The monoisotopic (exact) mass is 211 g/mol. The van der Waals surface area contributed by atoms with Gasteiger partial charge < -0.3 is 21.1 Å². The van der Waals surface area contributed by atoms with Gasteiger partial charge in [0, 0.05) is 5.56 Å². The Hall–Kier alpha value is -1.43. The van der Waals surface area contributed by atoms with Gasteiger partial charge in [0.1, 0.15) is 12.2 Å². The highest BCUT2D eigenvalue weighted by Gasteiger charge is 2.17. The molecule has 5 heteroatoms. The third-order valence-corrected chi connectivity index (χ3v) is 2.09. The van der Waals surface area contributed by atoms with Crippen LogP contribution in [0.4, 0.5) is 0 Å². The van der Waals surface area contributed by atoms with Crippen molar-refractivity contribution in [3.05, 3.63) is 35.4 Å². The second-order valence-corrected chi connectivity index (χ2v) is 3.18. The molecule has 0 spiro atoms. The molecular weight excluding hydrogens is 198 g/mol. The molecule has 2 atom stereocenters. The van der Waals surface area contributed by atoms with E-state index in [1.807, 2.05) is 0 Å². The summed E-state index contributed by atoms with van der Waals surface area (Å²) in [6.45, 7) is -0.529. The smallest absolute Gasteiger partial charge is 0.248 e. The molecule has 5 nitrogen and oxygen atoms in total. The Morgan fingerprint density at radius 1 is 1.27 bits per heavy atom. The minimum atomic E-state index is -1.23. The third-order valence-electron chi connectivity index (χ3n) is 2.09. The maximum atomic E-state index is 10.7. The van der Waals surface area contributed by atoms with Crippen molar-refractivity contribution in [2.45, 2.75) is 12.2 Å². The van der Waals surface area contributed by atoms with Gasteiger partial charge in [-0.3, -0.25) is 4.79 Å². The fourth-order valence-corrected chi connectivity index (χ4v) is 1.17. The Bertz CT molecular complexity index is 336. The number of aliphatic hydroxyl groups is 3. The molecule has 1 amide bonds. The third kappa shape index (κ3) is 2.76. The van der Waals surface area contributed by atoms with Gasteiger partial charge in [-0.25, -0.2) is 0 Å². The highest BCUT2D eigenvalue weighted by atomic mass is 16.4. The van der Waals surface area contributed by atoms with Gasteiger partial charge in [-0.2, -0.15) is 0 Å². The largest absolute Gasteiger partial charge is 0.394 e. The summed E-state index contributed by atoms with van der Waals surface area (Å²) >= 11 is 0. The van der Waals surface area contributed by atoms with Crippen LogP contribution in [0.3, 0.4) is 0 Å². The van der Waals surface area contributed by atoms with E-state index in [0.29, 0.717) is 11.1 Å². The molecule has 2 unspecified atom stereocenters. The summed E-state index contributed by atoms with van der Waals surface area (Å²) in [6.07, 6.45) is -2.40. The lowest BCUT2D eigenvalue weighted by molar-refractivity contribution is -0.0152. The molecule has 0 bridgehead atoms. The fraction of sp³-hybridized carbons (Fsp3) is 0.300. The summed E-state index contributed by atoms with van der Waals surface area (Å²) in [5.74, 6) is -0.557. The fourth-order valence-electron chi connectivity index (χ4n) is 1.17. The van der Waals surface area contributed by atoms with Crippen LogP contribution in [-0.2, 0) is 0 Å². The quantitative estimate of drug-likeness (QED) is 0.522. The van der Waals surface area contributed by atoms with Gasteiger partial charge >= 0.3 is 0 Å². The van der Waals surface area contributed by atoms with Crippen LogP contribution in [0.15, 0.2) is 24.3 Å². The van der Waals surface area contributed by atoms with Crippen molar-refractivity contribution in [1.82, 2.24) is 0 Å². The zero-order valence-electron chi connectivity index (χ0n) is 8.00. The number of hydrogen-bond donors (Lipinski definition) is 4. The minimum absolute atomic E-state index is 0.324. The highest BCUT2D eigenvalue weighted by Crippen LogP contribution is 2.17. The van der Waals surface area contributed by atoms with Crippen molar-refractivity contribution in [1.29, 1.82) is 0 Å². The first-order valence-corrected chi connectivity index (χ1v) is 4.43.